The van der Waals surface area contributed by atoms with Gasteiger partial charge in [0.15, 0.2) is 0 Å². The lowest BCUT2D eigenvalue weighted by molar-refractivity contribution is 0.481. The van der Waals surface area contributed by atoms with Gasteiger partial charge in [-0.15, -0.1) is 0 Å². The van der Waals surface area contributed by atoms with Crippen molar-refractivity contribution in [3.63, 3.8) is 0 Å². The Bertz CT molecular complexity index is 700. The lowest BCUT2D eigenvalue weighted by Crippen LogP contribution is -2.24. The molecular formula is C16H21ClIN5. The van der Waals surface area contributed by atoms with Gasteiger partial charge in [0.05, 0.1) is 24.1 Å². The predicted octanol–water partition coefficient (Wildman–Crippen LogP) is 4.24. The first-order valence-electron chi connectivity index (χ1n) is 7.94. The first kappa shape index (κ1) is 17.0. The van der Waals surface area contributed by atoms with E-state index in [0.29, 0.717) is 5.92 Å². The second kappa shape index (κ2) is 6.93. The fourth-order valence-electron chi connectivity index (χ4n) is 3.22. The third kappa shape index (κ3) is 3.47. The molecule has 1 aliphatic rings. The number of rotatable bonds is 4. The first-order chi connectivity index (χ1) is 11.0. The lowest BCUT2D eigenvalue weighted by atomic mass is 10.1. The molecule has 0 amide bonds. The molecule has 2 aromatic heterocycles. The number of anilines is 1. The molecule has 3 rings (SSSR count). The van der Waals surface area contributed by atoms with Gasteiger partial charge in [0.2, 0.25) is 0 Å². The highest BCUT2D eigenvalue weighted by molar-refractivity contribution is 14.1. The Morgan fingerprint density at radius 3 is 2.87 bits per heavy atom. The van der Waals surface area contributed by atoms with Crippen molar-refractivity contribution in [3.05, 3.63) is 32.5 Å². The highest BCUT2D eigenvalue weighted by Gasteiger charge is 2.32. The molecule has 0 aromatic carbocycles. The van der Waals surface area contributed by atoms with Crippen LogP contribution in [-0.2, 0) is 6.54 Å². The molecule has 0 saturated carbocycles. The molecule has 2 aromatic rings. The smallest absolute Gasteiger partial charge is 0.148 e. The van der Waals surface area contributed by atoms with Crippen LogP contribution in [0.4, 0.5) is 5.82 Å². The Morgan fingerprint density at radius 2 is 2.17 bits per heavy atom. The van der Waals surface area contributed by atoms with E-state index in [1.54, 1.807) is 6.20 Å². The molecule has 3 heterocycles. The van der Waals surface area contributed by atoms with Gasteiger partial charge < -0.3 is 4.90 Å². The molecule has 0 aliphatic carbocycles. The summed E-state index contributed by atoms with van der Waals surface area (Å²) >= 11 is 8.88. The molecule has 5 nitrogen and oxygen atoms in total. The largest absolute Gasteiger partial charge is 0.348 e. The maximum atomic E-state index is 6.67. The SMILES string of the molecule is Cc1nn(CC(C)C)c(Cl)c1C1CCCN1c1cncc(I)n1. The minimum atomic E-state index is 0.232. The van der Waals surface area contributed by atoms with Gasteiger partial charge in [0, 0.05) is 18.7 Å². The van der Waals surface area contributed by atoms with Crippen molar-refractivity contribution < 1.29 is 0 Å². The predicted molar refractivity (Wildman–Crippen MR) is 101 cm³/mol. The highest BCUT2D eigenvalue weighted by atomic mass is 127. The van der Waals surface area contributed by atoms with Crippen LogP contribution in [0.1, 0.15) is 44.0 Å². The average molecular weight is 446 g/mol. The van der Waals surface area contributed by atoms with Crippen LogP contribution in [0.25, 0.3) is 0 Å². The summed E-state index contributed by atoms with van der Waals surface area (Å²) < 4.78 is 2.84. The minimum Gasteiger partial charge on any atom is -0.348 e. The van der Waals surface area contributed by atoms with Crippen LogP contribution in [0.15, 0.2) is 12.4 Å². The summed E-state index contributed by atoms with van der Waals surface area (Å²) in [5, 5.41) is 5.43. The van der Waals surface area contributed by atoms with E-state index < -0.39 is 0 Å². The summed E-state index contributed by atoms with van der Waals surface area (Å²) in [5.74, 6) is 1.44. The third-order valence-corrected chi connectivity index (χ3v) is 5.04. The van der Waals surface area contributed by atoms with Gasteiger partial charge in [-0.2, -0.15) is 5.10 Å². The standard InChI is InChI=1S/C16H21ClIN5/c1-10(2)9-23-16(17)15(11(3)21-23)12-5-4-6-22(12)14-8-19-7-13(18)20-14/h7-8,10,12H,4-6,9H2,1-3H3. The molecule has 1 aliphatic heterocycles. The van der Waals surface area contributed by atoms with E-state index >= 15 is 0 Å². The van der Waals surface area contributed by atoms with Gasteiger partial charge in [-0.3, -0.25) is 9.67 Å². The molecule has 1 unspecified atom stereocenters. The molecule has 0 spiro atoms. The Hall–Kier alpha value is -0.890. The van der Waals surface area contributed by atoms with E-state index in [9.17, 15) is 0 Å². The van der Waals surface area contributed by atoms with Gasteiger partial charge in [0.25, 0.3) is 0 Å². The van der Waals surface area contributed by atoms with Crippen LogP contribution >= 0.6 is 34.2 Å². The molecule has 1 atom stereocenters. The summed E-state index contributed by atoms with van der Waals surface area (Å²) in [5.41, 5.74) is 2.16. The Morgan fingerprint density at radius 1 is 1.39 bits per heavy atom. The molecule has 1 fully saturated rings. The molecule has 1 saturated heterocycles. The summed E-state index contributed by atoms with van der Waals surface area (Å²) in [4.78, 5) is 11.2. The molecule has 0 bridgehead atoms. The minimum absolute atomic E-state index is 0.232. The van der Waals surface area contributed by atoms with Crippen LogP contribution < -0.4 is 4.90 Å². The van der Waals surface area contributed by atoms with E-state index in [1.807, 2.05) is 10.9 Å². The second-order valence-corrected chi connectivity index (χ2v) is 7.88. The molecule has 0 N–H and O–H groups in total. The van der Waals surface area contributed by atoms with Crippen molar-refractivity contribution in [2.45, 2.75) is 46.2 Å². The molecule has 0 radical (unpaired) electrons. The van der Waals surface area contributed by atoms with Crippen molar-refractivity contribution in [1.29, 1.82) is 0 Å². The van der Waals surface area contributed by atoms with Crippen LogP contribution in [-0.4, -0.2) is 26.3 Å². The van der Waals surface area contributed by atoms with Gasteiger partial charge in [-0.1, -0.05) is 25.4 Å². The average Bonchev–Trinajstić information content (AvgIpc) is 3.04. The second-order valence-electron chi connectivity index (χ2n) is 6.42. The monoisotopic (exact) mass is 445 g/mol. The number of aryl methyl sites for hydroxylation is 1. The molecule has 124 valence electrons. The maximum absolute atomic E-state index is 6.67. The van der Waals surface area contributed by atoms with E-state index in [-0.39, 0.29) is 6.04 Å². The Kier molecular flexibility index (Phi) is 5.10. The van der Waals surface area contributed by atoms with E-state index in [1.165, 1.54) is 0 Å². The van der Waals surface area contributed by atoms with Crippen molar-refractivity contribution in [2.75, 3.05) is 11.4 Å². The topological polar surface area (TPSA) is 46.8 Å². The zero-order valence-corrected chi connectivity index (χ0v) is 16.5. The third-order valence-electron chi connectivity index (χ3n) is 4.12. The molecular weight excluding hydrogens is 425 g/mol. The van der Waals surface area contributed by atoms with Crippen LogP contribution in [0.3, 0.4) is 0 Å². The number of halogens is 2. The van der Waals surface area contributed by atoms with Crippen LogP contribution in [0.2, 0.25) is 5.15 Å². The van der Waals surface area contributed by atoms with Crippen molar-refractivity contribution in [3.8, 4) is 0 Å². The van der Waals surface area contributed by atoms with Gasteiger partial charge in [0.1, 0.15) is 14.7 Å². The zero-order valence-electron chi connectivity index (χ0n) is 13.6. The zero-order chi connectivity index (χ0) is 16.6. The Labute approximate surface area is 155 Å². The normalized spacial score (nSPS) is 18.2. The van der Waals surface area contributed by atoms with Gasteiger partial charge >= 0.3 is 0 Å². The summed E-state index contributed by atoms with van der Waals surface area (Å²) in [6, 6.07) is 0.232. The molecule has 23 heavy (non-hydrogen) atoms. The van der Waals surface area contributed by atoms with Gasteiger partial charge in [-0.05, 0) is 48.3 Å². The summed E-state index contributed by atoms with van der Waals surface area (Å²) in [7, 11) is 0. The molecule has 7 heteroatoms. The number of hydrogen-bond acceptors (Lipinski definition) is 4. The Balaban J connectivity index is 1.96. The van der Waals surface area contributed by atoms with E-state index in [2.05, 4.69) is 63.3 Å². The van der Waals surface area contributed by atoms with Gasteiger partial charge in [-0.25, -0.2) is 4.98 Å². The number of hydrogen-bond donors (Lipinski definition) is 0. The number of nitrogens with zero attached hydrogens (tertiary/aromatic N) is 5. The first-order valence-corrected chi connectivity index (χ1v) is 9.40. The van der Waals surface area contributed by atoms with Crippen molar-refractivity contribution >= 4 is 40.0 Å². The fraction of sp³-hybridized carbons (Fsp3) is 0.562. The lowest BCUT2D eigenvalue weighted by Gasteiger charge is -2.25. The quantitative estimate of drug-likeness (QED) is 0.661. The van der Waals surface area contributed by atoms with E-state index in [4.69, 9.17) is 11.6 Å². The van der Waals surface area contributed by atoms with Crippen molar-refractivity contribution in [1.82, 2.24) is 19.7 Å². The van der Waals surface area contributed by atoms with Crippen molar-refractivity contribution in [2.24, 2.45) is 5.92 Å². The van der Waals surface area contributed by atoms with E-state index in [0.717, 1.165) is 51.9 Å². The van der Waals surface area contributed by atoms with Crippen LogP contribution in [0.5, 0.6) is 0 Å². The maximum Gasteiger partial charge on any atom is 0.148 e. The summed E-state index contributed by atoms with van der Waals surface area (Å²) in [6.07, 6.45) is 5.81. The number of aromatic nitrogens is 4. The summed E-state index contributed by atoms with van der Waals surface area (Å²) in [6.45, 7) is 8.22. The highest BCUT2D eigenvalue weighted by Crippen LogP contribution is 2.39. The van der Waals surface area contributed by atoms with Crippen LogP contribution in [0, 0.1) is 16.5 Å². The fourth-order valence-corrected chi connectivity index (χ4v) is 4.00.